The Bertz CT molecular complexity index is 1280. The fourth-order valence-corrected chi connectivity index (χ4v) is 4.52. The molecule has 0 bridgehead atoms. The molecule has 2 aliphatic rings. The number of fused-ring (bicyclic) bond motifs is 1. The third kappa shape index (κ3) is 4.58. The van der Waals surface area contributed by atoms with E-state index in [0.717, 1.165) is 16.8 Å². The lowest BCUT2D eigenvalue weighted by atomic mass is 9.88. The molecule has 1 saturated carbocycles. The van der Waals surface area contributed by atoms with Gasteiger partial charge in [0.05, 0.1) is 22.1 Å². The van der Waals surface area contributed by atoms with Crippen LogP contribution in [0.25, 0.3) is 11.3 Å². The highest BCUT2D eigenvalue weighted by molar-refractivity contribution is 7.82. The number of aromatic nitrogens is 1. The van der Waals surface area contributed by atoms with Gasteiger partial charge in [-0.2, -0.15) is 0 Å². The summed E-state index contributed by atoms with van der Waals surface area (Å²) in [4.78, 5) is 17.9. The zero-order chi connectivity index (χ0) is 23.9. The highest BCUT2D eigenvalue weighted by Gasteiger charge is 2.52. The van der Waals surface area contributed by atoms with Gasteiger partial charge in [0.1, 0.15) is 5.78 Å². The van der Waals surface area contributed by atoms with Crippen LogP contribution in [0.5, 0.6) is 11.5 Å². The minimum atomic E-state index is -3.68. The second-order valence-corrected chi connectivity index (χ2v) is 9.69. The van der Waals surface area contributed by atoms with Gasteiger partial charge in [-0.25, -0.2) is 8.93 Å². The minimum Gasteiger partial charge on any atom is -0.395 e. The predicted molar refractivity (Wildman–Crippen MR) is 123 cm³/mol. The standard InChI is InChI=1S/C25H22F2N2O4S/c1-34(31)28-15-16-5-7-17(8-6-16)20-4-2-3-19(29-20)14-23(30)24(11-12-24)18-9-10-21-22(13-18)33-25(26,27)32-21/h2-10,13,28H,11-12,14-15H2,1H3. The Labute approximate surface area is 197 Å². The molecular formula is C25H22F2N2O4S. The maximum atomic E-state index is 13.4. The van der Waals surface area contributed by atoms with Crippen LogP contribution in [0, 0.1) is 0 Å². The predicted octanol–water partition coefficient (Wildman–Crippen LogP) is 4.30. The number of ether oxygens (including phenoxy) is 2. The van der Waals surface area contributed by atoms with Gasteiger partial charge in [0.15, 0.2) is 11.5 Å². The molecule has 6 nitrogen and oxygen atoms in total. The molecule has 0 saturated heterocycles. The van der Waals surface area contributed by atoms with Crippen LogP contribution in [0.4, 0.5) is 8.78 Å². The Morgan fingerprint density at radius 1 is 1.06 bits per heavy atom. The molecule has 0 radical (unpaired) electrons. The average Bonchev–Trinajstić information content (AvgIpc) is 3.55. The maximum Gasteiger partial charge on any atom is 0.586 e. The first kappa shape index (κ1) is 22.6. The van der Waals surface area contributed by atoms with Crippen molar-refractivity contribution < 1.29 is 27.3 Å². The Morgan fingerprint density at radius 3 is 2.50 bits per heavy atom. The molecule has 1 unspecified atom stereocenters. The monoisotopic (exact) mass is 484 g/mol. The molecule has 5 rings (SSSR count). The number of alkyl halides is 2. The second kappa shape index (κ2) is 8.56. The smallest absolute Gasteiger partial charge is 0.395 e. The first-order valence-electron chi connectivity index (χ1n) is 10.8. The van der Waals surface area contributed by atoms with Crippen LogP contribution < -0.4 is 14.2 Å². The molecular weight excluding hydrogens is 462 g/mol. The molecule has 34 heavy (non-hydrogen) atoms. The molecule has 1 fully saturated rings. The van der Waals surface area contributed by atoms with E-state index in [1.165, 1.54) is 12.1 Å². The van der Waals surface area contributed by atoms with Gasteiger partial charge in [0.25, 0.3) is 0 Å². The summed E-state index contributed by atoms with van der Waals surface area (Å²) in [5.74, 6) is -0.0848. The van der Waals surface area contributed by atoms with Crippen molar-refractivity contribution in [3.8, 4) is 22.8 Å². The van der Waals surface area contributed by atoms with Crippen LogP contribution in [-0.2, 0) is 34.2 Å². The molecule has 2 heterocycles. The van der Waals surface area contributed by atoms with Gasteiger partial charge in [-0.15, -0.1) is 8.78 Å². The lowest BCUT2D eigenvalue weighted by Gasteiger charge is -2.15. The van der Waals surface area contributed by atoms with Gasteiger partial charge in [0, 0.05) is 30.5 Å². The largest absolute Gasteiger partial charge is 0.586 e. The molecule has 1 aliphatic carbocycles. The van der Waals surface area contributed by atoms with Gasteiger partial charge in [0.2, 0.25) is 0 Å². The number of carbonyl (C=O) groups is 1. The average molecular weight is 485 g/mol. The quantitative estimate of drug-likeness (QED) is 0.516. The number of nitrogens with one attached hydrogen (secondary N) is 1. The number of carbonyl (C=O) groups excluding carboxylic acids is 1. The molecule has 1 aliphatic heterocycles. The van der Waals surface area contributed by atoms with E-state index < -0.39 is 22.7 Å². The SMILES string of the molecule is CS(=O)NCc1ccc(-c2cccc(CC(=O)C3(c4ccc5c(c4)OC(F)(F)O5)CC3)n2)cc1. The first-order valence-corrected chi connectivity index (χ1v) is 12.4. The zero-order valence-corrected chi connectivity index (χ0v) is 19.2. The number of nitrogens with zero attached hydrogens (tertiary/aromatic N) is 1. The van der Waals surface area contributed by atoms with E-state index >= 15 is 0 Å². The molecule has 1 aromatic heterocycles. The van der Waals surface area contributed by atoms with Crippen molar-refractivity contribution in [1.29, 1.82) is 0 Å². The molecule has 0 amide bonds. The first-order chi connectivity index (χ1) is 16.2. The summed E-state index contributed by atoms with van der Waals surface area (Å²) in [5.41, 5.74) is 3.26. The fraction of sp³-hybridized carbons (Fsp3) is 0.280. The molecule has 1 atom stereocenters. The van der Waals surface area contributed by atoms with Crippen molar-refractivity contribution in [2.45, 2.75) is 37.5 Å². The van der Waals surface area contributed by atoms with E-state index in [-0.39, 0.29) is 23.7 Å². The number of hydrogen-bond donors (Lipinski definition) is 1. The number of halogens is 2. The van der Waals surface area contributed by atoms with Crippen LogP contribution in [0.1, 0.15) is 29.7 Å². The summed E-state index contributed by atoms with van der Waals surface area (Å²) in [6, 6.07) is 17.9. The summed E-state index contributed by atoms with van der Waals surface area (Å²) in [7, 11) is -1.08. The van der Waals surface area contributed by atoms with Crippen LogP contribution in [0.3, 0.4) is 0 Å². The lowest BCUT2D eigenvalue weighted by molar-refractivity contribution is -0.286. The number of ketones is 1. The molecule has 3 aromatic rings. The lowest BCUT2D eigenvalue weighted by Crippen LogP contribution is -2.26. The maximum absolute atomic E-state index is 13.4. The van der Waals surface area contributed by atoms with Gasteiger partial charge < -0.3 is 9.47 Å². The van der Waals surface area contributed by atoms with Gasteiger partial charge in [-0.3, -0.25) is 9.78 Å². The van der Waals surface area contributed by atoms with Gasteiger partial charge in [-0.05, 0) is 48.2 Å². The van der Waals surface area contributed by atoms with Crippen molar-refractivity contribution in [1.82, 2.24) is 9.71 Å². The Balaban J connectivity index is 1.31. The van der Waals surface area contributed by atoms with Crippen LogP contribution >= 0.6 is 0 Å². The van der Waals surface area contributed by atoms with E-state index in [1.54, 1.807) is 12.3 Å². The summed E-state index contributed by atoms with van der Waals surface area (Å²) < 4.78 is 49.8. The fourth-order valence-electron chi connectivity index (χ4n) is 4.15. The molecule has 9 heteroatoms. The summed E-state index contributed by atoms with van der Waals surface area (Å²) in [5, 5.41) is 0. The second-order valence-electron chi connectivity index (χ2n) is 8.50. The van der Waals surface area contributed by atoms with Gasteiger partial charge >= 0.3 is 6.29 Å². The van der Waals surface area contributed by atoms with E-state index in [9.17, 15) is 17.8 Å². The summed E-state index contributed by atoms with van der Waals surface area (Å²) in [6.45, 7) is 0.505. The topological polar surface area (TPSA) is 77.5 Å². The van der Waals surface area contributed by atoms with Crippen LogP contribution in [0.15, 0.2) is 60.7 Å². The van der Waals surface area contributed by atoms with Crippen molar-refractivity contribution in [2.24, 2.45) is 0 Å². The third-order valence-electron chi connectivity index (χ3n) is 6.12. The zero-order valence-electron chi connectivity index (χ0n) is 18.3. The third-order valence-corrected chi connectivity index (χ3v) is 6.67. The molecule has 1 N–H and O–H groups in total. The Morgan fingerprint density at radius 2 is 1.79 bits per heavy atom. The Kier molecular flexibility index (Phi) is 5.69. The van der Waals surface area contributed by atoms with Gasteiger partial charge in [-0.1, -0.05) is 36.4 Å². The highest BCUT2D eigenvalue weighted by atomic mass is 32.2. The number of hydrogen-bond acceptors (Lipinski definition) is 5. The Hall–Kier alpha value is -3.17. The number of pyridine rings is 1. The number of rotatable bonds is 8. The van der Waals surface area contributed by atoms with Crippen molar-refractivity contribution in [3.05, 3.63) is 77.5 Å². The van der Waals surface area contributed by atoms with Crippen molar-refractivity contribution in [3.63, 3.8) is 0 Å². The van der Waals surface area contributed by atoms with E-state index in [0.29, 0.717) is 30.6 Å². The van der Waals surface area contributed by atoms with E-state index in [2.05, 4.69) is 19.2 Å². The van der Waals surface area contributed by atoms with E-state index in [1.807, 2.05) is 42.5 Å². The molecule has 2 aromatic carbocycles. The molecule has 0 spiro atoms. The summed E-state index contributed by atoms with van der Waals surface area (Å²) in [6.07, 6.45) is -0.653. The van der Waals surface area contributed by atoms with E-state index in [4.69, 9.17) is 0 Å². The van der Waals surface area contributed by atoms with Crippen LogP contribution in [-0.4, -0.2) is 27.5 Å². The minimum absolute atomic E-state index is 0.00300. The van der Waals surface area contributed by atoms with Crippen molar-refractivity contribution >= 4 is 16.8 Å². The normalized spacial score (nSPS) is 17.9. The number of benzene rings is 2. The molecule has 176 valence electrons. The summed E-state index contributed by atoms with van der Waals surface area (Å²) >= 11 is 0. The number of Topliss-reactive ketones (excluding diaryl/α,β-unsaturated/α-hetero) is 1. The van der Waals surface area contributed by atoms with Crippen LogP contribution in [0.2, 0.25) is 0 Å². The van der Waals surface area contributed by atoms with Crippen molar-refractivity contribution in [2.75, 3.05) is 6.26 Å². The highest BCUT2D eigenvalue weighted by Crippen LogP contribution is 2.52.